The lowest BCUT2D eigenvalue weighted by molar-refractivity contribution is -0.114. The molecule has 1 amide bonds. The molecule has 6 heteroatoms. The number of carbonyl (C=O) groups is 2. The summed E-state index contributed by atoms with van der Waals surface area (Å²) in [6, 6.07) is 6.93. The van der Waals surface area contributed by atoms with E-state index in [4.69, 9.17) is 0 Å². The zero-order chi connectivity index (χ0) is 14.4. The molecule has 0 fully saturated rings. The molecule has 102 valence electrons. The topological polar surface area (TPSA) is 71.0 Å². The van der Waals surface area contributed by atoms with Crippen molar-refractivity contribution in [2.24, 2.45) is 5.16 Å². The number of hydrogen-bond acceptors (Lipinski definition) is 4. The van der Waals surface area contributed by atoms with Gasteiger partial charge in [-0.25, -0.2) is 0 Å². The molecule has 0 aliphatic rings. The van der Waals surface area contributed by atoms with Crippen molar-refractivity contribution >= 4 is 23.2 Å². The molecule has 0 spiro atoms. The van der Waals surface area contributed by atoms with Crippen molar-refractivity contribution in [1.29, 1.82) is 0 Å². The Kier molecular flexibility index (Phi) is 5.05. The van der Waals surface area contributed by atoms with Crippen LogP contribution in [0.5, 0.6) is 0 Å². The van der Waals surface area contributed by atoms with Gasteiger partial charge in [-0.2, -0.15) is 0 Å². The minimum Gasteiger partial charge on any atom is -0.397 e. The molecule has 0 aliphatic carbocycles. The molecule has 0 bridgehead atoms. The minimum absolute atomic E-state index is 0.0413. The molecule has 0 aliphatic heterocycles. The molecule has 6 nitrogen and oxygen atoms in total. The fraction of sp³-hybridized carbons (Fsp3) is 0.308. The number of anilines is 1. The number of benzene rings is 1. The Labute approximate surface area is 112 Å². The summed E-state index contributed by atoms with van der Waals surface area (Å²) in [4.78, 5) is 29.3. The van der Waals surface area contributed by atoms with E-state index in [0.717, 1.165) is 0 Å². The third kappa shape index (κ3) is 3.54. The Morgan fingerprint density at radius 2 is 2.05 bits per heavy atom. The maximum atomic E-state index is 11.7. The number of nitrogens with zero attached hydrogens (tertiary/aromatic N) is 2. The SMILES string of the molecule is CNC(=O)C(=NOC)N(C)c1cccc(C(C)=O)c1. The monoisotopic (exact) mass is 263 g/mol. The van der Waals surface area contributed by atoms with Crippen LogP contribution in [0.25, 0.3) is 0 Å². The minimum atomic E-state index is -0.377. The maximum absolute atomic E-state index is 11.7. The number of rotatable bonds is 3. The Bertz CT molecular complexity index is 512. The first-order valence-corrected chi connectivity index (χ1v) is 5.69. The number of amides is 1. The summed E-state index contributed by atoms with van der Waals surface area (Å²) in [5, 5.41) is 6.17. The van der Waals surface area contributed by atoms with Gasteiger partial charge in [-0.05, 0) is 19.1 Å². The zero-order valence-corrected chi connectivity index (χ0v) is 11.4. The van der Waals surface area contributed by atoms with Gasteiger partial charge < -0.3 is 15.1 Å². The van der Waals surface area contributed by atoms with Gasteiger partial charge >= 0.3 is 0 Å². The van der Waals surface area contributed by atoms with Crippen molar-refractivity contribution in [1.82, 2.24) is 5.32 Å². The van der Waals surface area contributed by atoms with Crippen molar-refractivity contribution in [3.8, 4) is 0 Å². The first-order chi connectivity index (χ1) is 9.01. The molecule has 1 aromatic rings. The van der Waals surface area contributed by atoms with Crippen molar-refractivity contribution < 1.29 is 14.4 Å². The van der Waals surface area contributed by atoms with E-state index in [1.807, 2.05) is 0 Å². The molecule has 0 atom stereocenters. The smallest absolute Gasteiger partial charge is 0.290 e. The lowest BCUT2D eigenvalue weighted by Crippen LogP contribution is -2.40. The second kappa shape index (κ2) is 6.53. The van der Waals surface area contributed by atoms with Gasteiger partial charge in [0.05, 0.1) is 0 Å². The number of likely N-dealkylation sites (N-methyl/N-ethyl adjacent to an activating group) is 2. The van der Waals surface area contributed by atoms with Crippen LogP contribution in [0.3, 0.4) is 0 Å². The van der Waals surface area contributed by atoms with Gasteiger partial charge in [0.15, 0.2) is 5.78 Å². The molecule has 19 heavy (non-hydrogen) atoms. The molecule has 0 saturated heterocycles. The van der Waals surface area contributed by atoms with Gasteiger partial charge in [0.2, 0.25) is 5.84 Å². The molecular weight excluding hydrogens is 246 g/mol. The van der Waals surface area contributed by atoms with E-state index in [9.17, 15) is 9.59 Å². The Morgan fingerprint density at radius 3 is 2.58 bits per heavy atom. The van der Waals surface area contributed by atoms with E-state index in [0.29, 0.717) is 11.3 Å². The van der Waals surface area contributed by atoms with Crippen molar-refractivity contribution in [2.75, 3.05) is 26.1 Å². The molecule has 0 aromatic heterocycles. The quantitative estimate of drug-likeness (QED) is 0.383. The molecule has 1 aromatic carbocycles. The van der Waals surface area contributed by atoms with Crippen LogP contribution in [0, 0.1) is 0 Å². The Hall–Kier alpha value is -2.37. The highest BCUT2D eigenvalue weighted by molar-refractivity contribution is 6.42. The van der Waals surface area contributed by atoms with Gasteiger partial charge in [-0.1, -0.05) is 17.3 Å². The van der Waals surface area contributed by atoms with Gasteiger partial charge in [-0.15, -0.1) is 0 Å². The number of Topliss-reactive ketones (excluding diaryl/α,β-unsaturated/α-hetero) is 1. The number of hydrogen-bond donors (Lipinski definition) is 1. The van der Waals surface area contributed by atoms with Crippen molar-refractivity contribution in [2.45, 2.75) is 6.92 Å². The predicted octanol–water partition coefficient (Wildman–Crippen LogP) is 1.03. The predicted molar refractivity (Wildman–Crippen MR) is 73.4 cm³/mol. The number of amidine groups is 1. The second-order valence-corrected chi connectivity index (χ2v) is 3.84. The average Bonchev–Trinajstić information content (AvgIpc) is 2.43. The number of ketones is 1. The third-order valence-electron chi connectivity index (χ3n) is 2.57. The highest BCUT2D eigenvalue weighted by Gasteiger charge is 2.18. The third-order valence-corrected chi connectivity index (χ3v) is 2.57. The lowest BCUT2D eigenvalue weighted by Gasteiger charge is -2.19. The summed E-state index contributed by atoms with van der Waals surface area (Å²) in [5.41, 5.74) is 1.24. The summed E-state index contributed by atoms with van der Waals surface area (Å²) in [5.74, 6) is -0.316. The highest BCUT2D eigenvalue weighted by Crippen LogP contribution is 2.16. The largest absolute Gasteiger partial charge is 0.397 e. The van der Waals surface area contributed by atoms with Gasteiger partial charge in [0.25, 0.3) is 5.91 Å². The van der Waals surface area contributed by atoms with Gasteiger partial charge in [0, 0.05) is 25.3 Å². The van der Waals surface area contributed by atoms with Crippen LogP contribution in [-0.2, 0) is 9.63 Å². The van der Waals surface area contributed by atoms with Crippen molar-refractivity contribution in [3.05, 3.63) is 29.8 Å². The summed E-state index contributed by atoms with van der Waals surface area (Å²) >= 11 is 0. The zero-order valence-electron chi connectivity index (χ0n) is 11.4. The van der Waals surface area contributed by atoms with Crippen molar-refractivity contribution in [3.63, 3.8) is 0 Å². The summed E-state index contributed by atoms with van der Waals surface area (Å²) < 4.78 is 0. The van der Waals surface area contributed by atoms with E-state index < -0.39 is 0 Å². The van der Waals surface area contributed by atoms with Gasteiger partial charge in [-0.3, -0.25) is 9.59 Å². The number of nitrogens with one attached hydrogen (secondary N) is 1. The number of carbonyl (C=O) groups excluding carboxylic acids is 2. The Balaban J connectivity index is 3.13. The van der Waals surface area contributed by atoms with E-state index in [-0.39, 0.29) is 17.5 Å². The molecule has 0 saturated carbocycles. The molecule has 0 unspecified atom stereocenters. The van der Waals surface area contributed by atoms with Crippen LogP contribution in [0.2, 0.25) is 0 Å². The second-order valence-electron chi connectivity index (χ2n) is 3.84. The van der Waals surface area contributed by atoms with E-state index in [1.165, 1.54) is 21.1 Å². The first-order valence-electron chi connectivity index (χ1n) is 5.69. The average molecular weight is 263 g/mol. The molecule has 1 rings (SSSR count). The van der Waals surface area contributed by atoms with Crippen LogP contribution in [-0.4, -0.2) is 38.7 Å². The maximum Gasteiger partial charge on any atom is 0.290 e. The fourth-order valence-corrected chi connectivity index (χ4v) is 1.51. The van der Waals surface area contributed by atoms with Crippen LogP contribution in [0.4, 0.5) is 5.69 Å². The standard InChI is InChI=1S/C13H17N3O3/c1-9(17)10-6-5-7-11(8-10)16(3)12(15-19-4)13(18)14-2/h5-8H,1-4H3,(H,14,18). The number of oxime groups is 1. The summed E-state index contributed by atoms with van der Waals surface area (Å²) in [6.07, 6.45) is 0. The summed E-state index contributed by atoms with van der Waals surface area (Å²) in [6.45, 7) is 1.49. The summed E-state index contributed by atoms with van der Waals surface area (Å²) in [7, 11) is 4.54. The molecular formula is C13H17N3O3. The van der Waals surface area contributed by atoms with Crippen LogP contribution in [0.1, 0.15) is 17.3 Å². The van der Waals surface area contributed by atoms with Crippen LogP contribution < -0.4 is 10.2 Å². The highest BCUT2D eigenvalue weighted by atomic mass is 16.6. The Morgan fingerprint density at radius 1 is 1.37 bits per heavy atom. The van der Waals surface area contributed by atoms with Crippen LogP contribution >= 0.6 is 0 Å². The molecule has 1 N–H and O–H groups in total. The van der Waals surface area contributed by atoms with E-state index >= 15 is 0 Å². The van der Waals surface area contributed by atoms with E-state index in [2.05, 4.69) is 15.3 Å². The van der Waals surface area contributed by atoms with Crippen LogP contribution in [0.15, 0.2) is 29.4 Å². The first kappa shape index (κ1) is 14.7. The normalized spacial score (nSPS) is 10.8. The molecule has 0 radical (unpaired) electrons. The molecule has 0 heterocycles. The fourth-order valence-electron chi connectivity index (χ4n) is 1.51. The van der Waals surface area contributed by atoms with E-state index in [1.54, 1.807) is 36.2 Å². The van der Waals surface area contributed by atoms with Gasteiger partial charge in [0.1, 0.15) is 7.11 Å². The lowest BCUT2D eigenvalue weighted by atomic mass is 10.1.